The molecule has 9 nitrogen and oxygen atoms in total. The van der Waals surface area contributed by atoms with Crippen molar-refractivity contribution in [2.75, 3.05) is 27.0 Å². The molecule has 2 fully saturated rings. The van der Waals surface area contributed by atoms with Gasteiger partial charge in [-0.2, -0.15) is 0 Å². The molecule has 2 amide bonds. The van der Waals surface area contributed by atoms with Gasteiger partial charge >= 0.3 is 0 Å². The van der Waals surface area contributed by atoms with Crippen molar-refractivity contribution in [1.82, 2.24) is 14.9 Å². The van der Waals surface area contributed by atoms with Gasteiger partial charge in [0, 0.05) is 19.4 Å². The van der Waals surface area contributed by atoms with Crippen molar-refractivity contribution in [2.45, 2.75) is 65.1 Å². The highest BCUT2D eigenvalue weighted by atomic mass is 32.2. The molecule has 10 heteroatoms. The molecule has 1 saturated carbocycles. The molecule has 6 atom stereocenters. The molecule has 1 saturated heterocycles. The van der Waals surface area contributed by atoms with Gasteiger partial charge in [0.2, 0.25) is 21.8 Å². The Bertz CT molecular complexity index is 927. The number of nitrogens with one attached hydrogen (secondary N) is 2. The van der Waals surface area contributed by atoms with E-state index in [0.29, 0.717) is 6.42 Å². The van der Waals surface area contributed by atoms with Gasteiger partial charge in [-0.15, -0.1) is 6.58 Å². The number of Topliss-reactive ketones (excluding diaryl/α,β-unsaturated/α-hetero) is 1. The molecule has 0 radical (unpaired) electrons. The predicted octanol–water partition coefficient (Wildman–Crippen LogP) is 1.10. The number of likely N-dealkylation sites (tertiary alicyclic amines) is 1. The van der Waals surface area contributed by atoms with E-state index in [2.05, 4.69) is 11.9 Å². The lowest BCUT2D eigenvalue weighted by Crippen LogP contribution is -2.55. The molecule has 188 valence electrons. The number of carbonyl (C=O) groups excluding carboxylic acids is 3. The van der Waals surface area contributed by atoms with E-state index in [-0.39, 0.29) is 36.5 Å². The van der Waals surface area contributed by atoms with E-state index in [1.165, 1.54) is 0 Å². The number of allylic oxidation sites excluding steroid dienone is 1. The second kappa shape index (κ2) is 9.11. The largest absolute Gasteiger partial charge is 0.376 e. The van der Waals surface area contributed by atoms with Gasteiger partial charge in [-0.25, -0.2) is 8.42 Å². The van der Waals surface area contributed by atoms with Crippen LogP contribution >= 0.6 is 0 Å². The summed E-state index contributed by atoms with van der Waals surface area (Å²) in [4.78, 5) is 41.7. The molecule has 1 aliphatic carbocycles. The summed E-state index contributed by atoms with van der Waals surface area (Å²) in [6, 6.07) is -1.32. The SMILES string of the molecule is C=C[C@@H]1C[C@]1(CC(=O)[C@@H]1[C@@H](C)[C@@](C)(OC)CN1C(=O)[C@@H](NC)C(C)(C)C)C(=O)NS(C)(=O)=O. The van der Waals surface area contributed by atoms with E-state index in [4.69, 9.17) is 4.74 Å². The first-order chi connectivity index (χ1) is 15.0. The van der Waals surface area contributed by atoms with Crippen LogP contribution in [0.5, 0.6) is 0 Å². The Labute approximate surface area is 197 Å². The number of carbonyl (C=O) groups is 3. The van der Waals surface area contributed by atoms with Crippen LogP contribution in [0.2, 0.25) is 0 Å². The van der Waals surface area contributed by atoms with Crippen LogP contribution in [0.4, 0.5) is 0 Å². The van der Waals surface area contributed by atoms with Crippen molar-refractivity contribution < 1.29 is 27.5 Å². The Morgan fingerprint density at radius 2 is 1.88 bits per heavy atom. The minimum Gasteiger partial charge on any atom is -0.376 e. The quantitative estimate of drug-likeness (QED) is 0.469. The topological polar surface area (TPSA) is 122 Å². The molecule has 0 aromatic carbocycles. The third kappa shape index (κ3) is 5.33. The molecular formula is C23H39N3O6S. The molecule has 1 aliphatic heterocycles. The Kier molecular flexibility index (Phi) is 7.58. The van der Waals surface area contributed by atoms with Crippen molar-refractivity contribution in [2.24, 2.45) is 22.7 Å². The molecule has 0 aromatic heterocycles. The third-order valence-electron chi connectivity index (χ3n) is 7.38. The van der Waals surface area contributed by atoms with Gasteiger partial charge in [-0.05, 0) is 31.7 Å². The summed E-state index contributed by atoms with van der Waals surface area (Å²) < 4.78 is 31.1. The second-order valence-electron chi connectivity index (χ2n) is 10.9. The lowest BCUT2D eigenvalue weighted by atomic mass is 9.83. The van der Waals surface area contributed by atoms with Crippen LogP contribution in [-0.2, 0) is 29.1 Å². The van der Waals surface area contributed by atoms with Crippen LogP contribution in [0.15, 0.2) is 12.7 Å². The van der Waals surface area contributed by atoms with Crippen molar-refractivity contribution in [3.63, 3.8) is 0 Å². The lowest BCUT2D eigenvalue weighted by molar-refractivity contribution is -0.143. The predicted molar refractivity (Wildman–Crippen MR) is 126 cm³/mol. The fraction of sp³-hybridized carbons (Fsp3) is 0.783. The molecule has 0 spiro atoms. The maximum atomic E-state index is 13.7. The normalized spacial score (nSPS) is 32.8. The van der Waals surface area contributed by atoms with Gasteiger partial charge in [0.15, 0.2) is 5.78 Å². The Balaban J connectivity index is 2.41. The molecular weight excluding hydrogens is 446 g/mol. The lowest BCUT2D eigenvalue weighted by Gasteiger charge is -2.35. The molecule has 0 unspecified atom stereocenters. The monoisotopic (exact) mass is 485 g/mol. The highest BCUT2D eigenvalue weighted by Crippen LogP contribution is 2.57. The van der Waals surface area contributed by atoms with Gasteiger partial charge in [-0.1, -0.05) is 33.8 Å². The number of likely N-dealkylation sites (N-methyl/N-ethyl adjacent to an activating group) is 1. The molecule has 33 heavy (non-hydrogen) atoms. The Morgan fingerprint density at radius 1 is 1.30 bits per heavy atom. The van der Waals surface area contributed by atoms with E-state index >= 15 is 0 Å². The fourth-order valence-corrected chi connectivity index (χ4v) is 5.61. The number of hydrogen-bond donors (Lipinski definition) is 2. The smallest absolute Gasteiger partial charge is 0.240 e. The summed E-state index contributed by atoms with van der Waals surface area (Å²) >= 11 is 0. The zero-order chi connectivity index (χ0) is 25.6. The van der Waals surface area contributed by atoms with E-state index in [1.807, 2.05) is 39.3 Å². The maximum absolute atomic E-state index is 13.7. The number of hydrogen-bond acceptors (Lipinski definition) is 7. The summed E-state index contributed by atoms with van der Waals surface area (Å²) in [6.45, 7) is 13.5. The van der Waals surface area contributed by atoms with E-state index in [9.17, 15) is 22.8 Å². The van der Waals surface area contributed by atoms with Gasteiger partial charge in [0.25, 0.3) is 0 Å². The van der Waals surface area contributed by atoms with Crippen LogP contribution in [0.3, 0.4) is 0 Å². The van der Waals surface area contributed by atoms with Crippen LogP contribution in [0, 0.1) is 22.7 Å². The third-order valence-corrected chi connectivity index (χ3v) is 7.93. The van der Waals surface area contributed by atoms with Gasteiger partial charge in [0.1, 0.15) is 0 Å². The van der Waals surface area contributed by atoms with Crippen molar-refractivity contribution in [1.29, 1.82) is 0 Å². The van der Waals surface area contributed by atoms with Gasteiger partial charge in [-0.3, -0.25) is 19.1 Å². The average Bonchev–Trinajstić information content (AvgIpc) is 3.32. The number of rotatable bonds is 9. The standard InChI is InChI=1S/C23H39N3O6S/c1-10-15-11-23(15,20(29)25-33(9,30)31)12-16(27)17-14(2)22(6,32-8)13-26(17)19(28)18(24-7)21(3,4)5/h10,14-15,17-18,24H,1,11-13H2,2-9H3,(H,25,29)/t14-,15-,17+,18-,22+,23-/m1/s1. The van der Waals surface area contributed by atoms with Crippen molar-refractivity contribution >= 4 is 27.6 Å². The summed E-state index contributed by atoms with van der Waals surface area (Å²) in [6.07, 6.45) is 2.64. The van der Waals surface area contributed by atoms with E-state index in [0.717, 1.165) is 6.26 Å². The molecule has 1 heterocycles. The number of nitrogens with zero attached hydrogens (tertiary/aromatic N) is 1. The fourth-order valence-electron chi connectivity index (χ4n) is 5.07. The van der Waals surface area contributed by atoms with E-state index < -0.39 is 44.4 Å². The summed E-state index contributed by atoms with van der Waals surface area (Å²) in [5.41, 5.74) is -2.31. The number of ketones is 1. The van der Waals surface area contributed by atoms with Gasteiger partial charge < -0.3 is 15.0 Å². The first-order valence-electron chi connectivity index (χ1n) is 11.2. The first-order valence-corrected chi connectivity index (χ1v) is 13.1. The minimum absolute atomic E-state index is 0.177. The highest BCUT2D eigenvalue weighted by Gasteiger charge is 2.62. The van der Waals surface area contributed by atoms with E-state index in [1.54, 1.807) is 25.1 Å². The van der Waals surface area contributed by atoms with Crippen LogP contribution in [0.1, 0.15) is 47.5 Å². The minimum atomic E-state index is -3.78. The summed E-state index contributed by atoms with van der Waals surface area (Å²) in [5, 5.41) is 3.07. The van der Waals surface area contributed by atoms with Gasteiger partial charge in [0.05, 0.1) is 35.9 Å². The van der Waals surface area contributed by atoms with Crippen molar-refractivity contribution in [3.05, 3.63) is 12.7 Å². The average molecular weight is 486 g/mol. The zero-order valence-corrected chi connectivity index (χ0v) is 21.8. The Hall–Kier alpha value is -1.78. The number of methoxy groups -OCH3 is 1. The second-order valence-corrected chi connectivity index (χ2v) is 12.6. The first kappa shape index (κ1) is 27.5. The van der Waals surface area contributed by atoms with Crippen LogP contribution in [0.25, 0.3) is 0 Å². The number of ether oxygens (including phenoxy) is 1. The summed E-state index contributed by atoms with van der Waals surface area (Å²) in [5.74, 6) is -1.83. The summed E-state index contributed by atoms with van der Waals surface area (Å²) in [7, 11) is -0.511. The van der Waals surface area contributed by atoms with Crippen LogP contribution < -0.4 is 10.0 Å². The molecule has 0 aromatic rings. The van der Waals surface area contributed by atoms with Crippen LogP contribution in [-0.4, -0.2) is 75.6 Å². The number of amides is 2. The number of sulfonamides is 1. The molecule has 2 N–H and O–H groups in total. The Morgan fingerprint density at radius 3 is 2.27 bits per heavy atom. The maximum Gasteiger partial charge on any atom is 0.240 e. The van der Waals surface area contributed by atoms with Crippen molar-refractivity contribution in [3.8, 4) is 0 Å². The molecule has 0 bridgehead atoms. The highest BCUT2D eigenvalue weighted by molar-refractivity contribution is 7.89. The zero-order valence-electron chi connectivity index (χ0n) is 21.0. The molecule has 2 rings (SSSR count). The molecule has 2 aliphatic rings.